The third kappa shape index (κ3) is 2.82. The van der Waals surface area contributed by atoms with Gasteiger partial charge in [0.15, 0.2) is 5.03 Å². The lowest BCUT2D eigenvalue weighted by molar-refractivity contribution is 0.598. The molecule has 102 valence electrons. The van der Waals surface area contributed by atoms with Gasteiger partial charge in [-0.1, -0.05) is 11.6 Å². The number of hydrogen-bond donors (Lipinski definition) is 2. The van der Waals surface area contributed by atoms with E-state index in [4.69, 9.17) is 17.3 Å². The van der Waals surface area contributed by atoms with E-state index in [1.54, 1.807) is 24.6 Å². The normalized spacial score (nSPS) is 11.5. The molecule has 1 heterocycles. The summed E-state index contributed by atoms with van der Waals surface area (Å²) in [4.78, 5) is 3.97. The highest BCUT2D eigenvalue weighted by Gasteiger charge is 2.19. The standard InChI is InChI=1S/C11H13ClN4O2S/c1-7-14-11(6-16(7)2)19(17,18)15-10-5-8(13)3-4-9(10)12/h3-6,15H,13H2,1-2H3. The minimum Gasteiger partial charge on any atom is -0.399 e. The van der Waals surface area contributed by atoms with Crippen molar-refractivity contribution < 1.29 is 8.42 Å². The molecule has 2 rings (SSSR count). The fourth-order valence-electron chi connectivity index (χ4n) is 1.47. The summed E-state index contributed by atoms with van der Waals surface area (Å²) in [6.45, 7) is 1.71. The molecule has 3 N–H and O–H groups in total. The van der Waals surface area contributed by atoms with Crippen LogP contribution in [0.1, 0.15) is 5.82 Å². The molecule has 0 fully saturated rings. The van der Waals surface area contributed by atoms with Crippen LogP contribution < -0.4 is 10.5 Å². The van der Waals surface area contributed by atoms with Crippen LogP contribution in [0.5, 0.6) is 0 Å². The lowest BCUT2D eigenvalue weighted by Crippen LogP contribution is -2.14. The molecule has 0 saturated heterocycles. The van der Waals surface area contributed by atoms with Crippen molar-refractivity contribution in [2.45, 2.75) is 11.9 Å². The highest BCUT2D eigenvalue weighted by Crippen LogP contribution is 2.26. The molecule has 0 unspecified atom stereocenters. The van der Waals surface area contributed by atoms with E-state index in [0.717, 1.165) is 0 Å². The molecule has 6 nitrogen and oxygen atoms in total. The minimum atomic E-state index is -3.78. The van der Waals surface area contributed by atoms with Crippen LogP contribution in [0.3, 0.4) is 0 Å². The molecule has 1 aromatic carbocycles. The second kappa shape index (κ2) is 4.75. The van der Waals surface area contributed by atoms with Gasteiger partial charge in [0, 0.05) is 18.9 Å². The first-order valence-corrected chi connectivity index (χ1v) is 7.23. The second-order valence-electron chi connectivity index (χ2n) is 4.08. The number of imidazole rings is 1. The fraction of sp³-hybridized carbons (Fsp3) is 0.182. The third-order valence-corrected chi connectivity index (χ3v) is 4.16. The Balaban J connectivity index is 2.39. The molecule has 8 heteroatoms. The first kappa shape index (κ1) is 13.7. The van der Waals surface area contributed by atoms with Crippen LogP contribution in [0.4, 0.5) is 11.4 Å². The first-order chi connectivity index (χ1) is 8.79. The van der Waals surface area contributed by atoms with Gasteiger partial charge in [-0.2, -0.15) is 8.42 Å². The van der Waals surface area contributed by atoms with Crippen molar-refractivity contribution in [1.29, 1.82) is 0 Å². The summed E-state index contributed by atoms with van der Waals surface area (Å²) in [5, 5.41) is 0.205. The van der Waals surface area contributed by atoms with Gasteiger partial charge >= 0.3 is 0 Å². The monoisotopic (exact) mass is 300 g/mol. The molecule has 0 aliphatic rings. The van der Waals surface area contributed by atoms with E-state index >= 15 is 0 Å². The van der Waals surface area contributed by atoms with Gasteiger partial charge in [-0.05, 0) is 25.1 Å². The summed E-state index contributed by atoms with van der Waals surface area (Å²) in [6, 6.07) is 4.57. The Morgan fingerprint density at radius 3 is 2.68 bits per heavy atom. The lowest BCUT2D eigenvalue weighted by Gasteiger charge is -2.08. The maximum atomic E-state index is 12.1. The van der Waals surface area contributed by atoms with Crippen LogP contribution in [-0.4, -0.2) is 18.0 Å². The summed E-state index contributed by atoms with van der Waals surface area (Å²) in [5.41, 5.74) is 6.24. The Hall–Kier alpha value is -1.73. The van der Waals surface area contributed by atoms with Gasteiger partial charge in [-0.15, -0.1) is 0 Å². The van der Waals surface area contributed by atoms with E-state index in [-0.39, 0.29) is 15.7 Å². The van der Waals surface area contributed by atoms with E-state index in [9.17, 15) is 8.42 Å². The van der Waals surface area contributed by atoms with Crippen LogP contribution in [0.25, 0.3) is 0 Å². The first-order valence-electron chi connectivity index (χ1n) is 5.37. The van der Waals surface area contributed by atoms with E-state index in [0.29, 0.717) is 11.5 Å². The van der Waals surface area contributed by atoms with Crippen LogP contribution in [0, 0.1) is 6.92 Å². The highest BCUT2D eigenvalue weighted by molar-refractivity contribution is 7.92. The second-order valence-corrected chi connectivity index (χ2v) is 6.12. The Bertz CT molecular complexity index is 705. The van der Waals surface area contributed by atoms with Crippen molar-refractivity contribution in [2.75, 3.05) is 10.5 Å². The predicted molar refractivity (Wildman–Crippen MR) is 74.6 cm³/mol. The molecule has 19 heavy (non-hydrogen) atoms. The molecule has 2 aromatic rings. The number of hydrogen-bond acceptors (Lipinski definition) is 4. The average Bonchev–Trinajstić information content (AvgIpc) is 2.65. The molecule has 0 aliphatic heterocycles. The van der Waals surface area contributed by atoms with E-state index in [1.807, 2.05) is 0 Å². The van der Waals surface area contributed by atoms with Crippen molar-refractivity contribution >= 4 is 33.0 Å². The fourth-order valence-corrected chi connectivity index (χ4v) is 2.81. The zero-order valence-electron chi connectivity index (χ0n) is 10.4. The van der Waals surface area contributed by atoms with Crippen LogP contribution in [0.15, 0.2) is 29.4 Å². The van der Waals surface area contributed by atoms with Gasteiger partial charge in [0.25, 0.3) is 10.0 Å². The molecular weight excluding hydrogens is 288 g/mol. The molecule has 0 saturated carbocycles. The summed E-state index contributed by atoms with van der Waals surface area (Å²) in [7, 11) is -2.06. The van der Waals surface area contributed by atoms with Crippen molar-refractivity contribution in [3.05, 3.63) is 35.2 Å². The zero-order valence-corrected chi connectivity index (χ0v) is 12.0. The summed E-state index contributed by atoms with van der Waals surface area (Å²) < 4.78 is 28.3. The molecule has 0 radical (unpaired) electrons. The number of nitrogens with two attached hydrogens (primary N) is 1. The zero-order chi connectivity index (χ0) is 14.2. The summed E-state index contributed by atoms with van der Waals surface area (Å²) >= 11 is 5.92. The van der Waals surface area contributed by atoms with Crippen LogP contribution in [-0.2, 0) is 17.1 Å². The number of sulfonamides is 1. The summed E-state index contributed by atoms with van der Waals surface area (Å²) in [6.07, 6.45) is 1.43. The molecule has 0 atom stereocenters. The lowest BCUT2D eigenvalue weighted by atomic mass is 10.3. The largest absolute Gasteiger partial charge is 0.399 e. The molecule has 0 spiro atoms. The van der Waals surface area contributed by atoms with E-state index in [1.165, 1.54) is 18.3 Å². The number of rotatable bonds is 3. The molecule has 1 aromatic heterocycles. The van der Waals surface area contributed by atoms with Crippen LogP contribution in [0.2, 0.25) is 5.02 Å². The Morgan fingerprint density at radius 2 is 2.11 bits per heavy atom. The maximum absolute atomic E-state index is 12.1. The Morgan fingerprint density at radius 1 is 1.42 bits per heavy atom. The maximum Gasteiger partial charge on any atom is 0.281 e. The minimum absolute atomic E-state index is 0.0639. The van der Waals surface area contributed by atoms with Gasteiger partial charge < -0.3 is 10.3 Å². The number of aryl methyl sites for hydroxylation is 2. The SMILES string of the molecule is Cc1nc(S(=O)(=O)Nc2cc(N)ccc2Cl)cn1C. The number of halogens is 1. The quantitative estimate of drug-likeness (QED) is 0.845. The number of aromatic nitrogens is 2. The third-order valence-electron chi connectivity index (χ3n) is 2.60. The van der Waals surface area contributed by atoms with Gasteiger partial charge in [-0.3, -0.25) is 4.72 Å². The topological polar surface area (TPSA) is 90.0 Å². The number of anilines is 2. The van der Waals surface area contributed by atoms with Gasteiger partial charge in [0.2, 0.25) is 0 Å². The molecular formula is C11H13ClN4O2S. The predicted octanol–water partition coefficient (Wildman–Crippen LogP) is 1.76. The van der Waals surface area contributed by atoms with E-state index in [2.05, 4.69) is 9.71 Å². The molecule has 0 amide bonds. The van der Waals surface area contributed by atoms with Gasteiger partial charge in [0.05, 0.1) is 10.7 Å². The molecule has 0 bridgehead atoms. The highest BCUT2D eigenvalue weighted by atomic mass is 35.5. The number of benzene rings is 1. The van der Waals surface area contributed by atoms with Crippen LogP contribution >= 0.6 is 11.6 Å². The smallest absolute Gasteiger partial charge is 0.281 e. The van der Waals surface area contributed by atoms with Crippen molar-refractivity contribution in [1.82, 2.24) is 9.55 Å². The van der Waals surface area contributed by atoms with Gasteiger partial charge in [-0.25, -0.2) is 4.98 Å². The van der Waals surface area contributed by atoms with Crippen molar-refractivity contribution in [3.8, 4) is 0 Å². The van der Waals surface area contributed by atoms with Crippen molar-refractivity contribution in [3.63, 3.8) is 0 Å². The van der Waals surface area contributed by atoms with Gasteiger partial charge in [0.1, 0.15) is 5.82 Å². The number of nitrogens with zero attached hydrogens (tertiary/aromatic N) is 2. The van der Waals surface area contributed by atoms with Crippen molar-refractivity contribution in [2.24, 2.45) is 7.05 Å². The molecule has 0 aliphatic carbocycles. The van der Waals surface area contributed by atoms with E-state index < -0.39 is 10.0 Å². The number of nitrogens with one attached hydrogen (secondary N) is 1. The number of nitrogen functional groups attached to an aromatic ring is 1. The average molecular weight is 301 g/mol. The summed E-state index contributed by atoms with van der Waals surface area (Å²) in [5.74, 6) is 0.596. The Labute approximate surface area is 116 Å². The Kier molecular flexibility index (Phi) is 3.42.